The molecule has 6 heteroatoms. The first kappa shape index (κ1) is 16.3. The molecular weight excluding hydrogens is 328 g/mol. The average molecular weight is 345 g/mol. The smallest absolute Gasteiger partial charge is 0.229 e. The van der Waals surface area contributed by atoms with Gasteiger partial charge in [-0.05, 0) is 24.3 Å². The fourth-order valence-electron chi connectivity index (χ4n) is 2.73. The van der Waals surface area contributed by atoms with E-state index in [4.69, 9.17) is 16.3 Å². The van der Waals surface area contributed by atoms with Gasteiger partial charge in [-0.3, -0.25) is 9.59 Å². The predicted molar refractivity (Wildman–Crippen MR) is 93.5 cm³/mol. The van der Waals surface area contributed by atoms with Crippen molar-refractivity contribution in [1.29, 1.82) is 0 Å². The fraction of sp³-hybridized carbons (Fsp3) is 0.222. The van der Waals surface area contributed by atoms with Crippen molar-refractivity contribution in [2.75, 3.05) is 23.9 Å². The van der Waals surface area contributed by atoms with E-state index in [9.17, 15) is 9.59 Å². The summed E-state index contributed by atoms with van der Waals surface area (Å²) in [6, 6.07) is 14.2. The summed E-state index contributed by atoms with van der Waals surface area (Å²) in [6.45, 7) is 0.318. The number of methoxy groups -OCH3 is 1. The summed E-state index contributed by atoms with van der Waals surface area (Å²) in [7, 11) is 1.57. The van der Waals surface area contributed by atoms with Crippen molar-refractivity contribution in [2.45, 2.75) is 6.42 Å². The molecule has 0 aliphatic carbocycles. The van der Waals surface area contributed by atoms with Gasteiger partial charge in [0.15, 0.2) is 0 Å². The van der Waals surface area contributed by atoms with E-state index in [1.807, 2.05) is 6.07 Å². The highest BCUT2D eigenvalue weighted by Crippen LogP contribution is 2.31. The lowest BCUT2D eigenvalue weighted by molar-refractivity contribution is -0.122. The maximum Gasteiger partial charge on any atom is 0.229 e. The topological polar surface area (TPSA) is 58.6 Å². The van der Waals surface area contributed by atoms with Crippen LogP contribution in [0.2, 0.25) is 5.02 Å². The van der Waals surface area contributed by atoms with Gasteiger partial charge in [-0.2, -0.15) is 0 Å². The maximum atomic E-state index is 12.5. The van der Waals surface area contributed by atoms with E-state index in [0.29, 0.717) is 28.7 Å². The molecule has 0 aromatic heterocycles. The molecule has 1 aliphatic rings. The number of nitrogens with one attached hydrogen (secondary N) is 1. The largest absolute Gasteiger partial charge is 0.497 e. The number of para-hydroxylation sites is 1. The highest BCUT2D eigenvalue weighted by molar-refractivity contribution is 6.33. The number of hydrogen-bond donors (Lipinski definition) is 1. The number of nitrogens with zero attached hydrogens (tertiary/aromatic N) is 1. The lowest BCUT2D eigenvalue weighted by atomic mass is 10.1. The van der Waals surface area contributed by atoms with Crippen molar-refractivity contribution >= 4 is 34.8 Å². The first-order valence-electron chi connectivity index (χ1n) is 7.58. The molecule has 24 heavy (non-hydrogen) atoms. The maximum absolute atomic E-state index is 12.5. The zero-order valence-corrected chi connectivity index (χ0v) is 13.9. The molecule has 3 rings (SSSR count). The number of rotatable bonds is 4. The number of halogens is 1. The first-order chi connectivity index (χ1) is 11.6. The van der Waals surface area contributed by atoms with Crippen molar-refractivity contribution in [2.24, 2.45) is 5.92 Å². The van der Waals surface area contributed by atoms with Gasteiger partial charge in [0.1, 0.15) is 5.75 Å². The number of benzene rings is 2. The van der Waals surface area contributed by atoms with Gasteiger partial charge in [-0.15, -0.1) is 0 Å². The molecule has 0 bridgehead atoms. The molecule has 124 valence electrons. The first-order valence-corrected chi connectivity index (χ1v) is 7.96. The number of carbonyl (C=O) groups is 2. The van der Waals surface area contributed by atoms with E-state index in [0.717, 1.165) is 0 Å². The summed E-state index contributed by atoms with van der Waals surface area (Å²) in [4.78, 5) is 26.3. The molecule has 1 fully saturated rings. The second-order valence-electron chi connectivity index (χ2n) is 5.58. The van der Waals surface area contributed by atoms with Gasteiger partial charge in [0, 0.05) is 24.7 Å². The predicted octanol–water partition coefficient (Wildman–Crippen LogP) is 3.34. The van der Waals surface area contributed by atoms with Crippen LogP contribution in [-0.2, 0) is 9.59 Å². The van der Waals surface area contributed by atoms with Gasteiger partial charge in [0.05, 0.1) is 23.7 Å². The van der Waals surface area contributed by atoms with Crippen molar-refractivity contribution in [3.8, 4) is 5.75 Å². The van der Waals surface area contributed by atoms with Crippen LogP contribution >= 0.6 is 11.6 Å². The Labute approximate surface area is 145 Å². The standard InChI is InChI=1S/C18H17ClN2O3/c1-24-14-6-4-5-13(10-14)20-18(23)12-9-17(22)21(11-12)16-8-3-2-7-15(16)19/h2-8,10,12H,9,11H2,1H3,(H,20,23)/t12-/m1/s1. The summed E-state index contributed by atoms with van der Waals surface area (Å²) in [5.74, 6) is -0.0481. The van der Waals surface area contributed by atoms with Crippen molar-refractivity contribution in [1.82, 2.24) is 0 Å². The highest BCUT2D eigenvalue weighted by atomic mass is 35.5. The van der Waals surface area contributed by atoms with Gasteiger partial charge in [0.25, 0.3) is 0 Å². The molecule has 1 aliphatic heterocycles. The molecule has 2 aromatic carbocycles. The molecule has 0 radical (unpaired) electrons. The summed E-state index contributed by atoms with van der Waals surface area (Å²) < 4.78 is 5.14. The van der Waals surface area contributed by atoms with E-state index in [1.54, 1.807) is 54.5 Å². The second-order valence-corrected chi connectivity index (χ2v) is 5.99. The van der Waals surface area contributed by atoms with Crippen molar-refractivity contribution in [3.05, 3.63) is 53.6 Å². The Morgan fingerprint density at radius 2 is 2.04 bits per heavy atom. The van der Waals surface area contributed by atoms with Crippen LogP contribution in [0.3, 0.4) is 0 Å². The third kappa shape index (κ3) is 3.36. The average Bonchev–Trinajstić information content (AvgIpc) is 2.97. The van der Waals surface area contributed by atoms with Gasteiger partial charge >= 0.3 is 0 Å². The minimum Gasteiger partial charge on any atom is -0.497 e. The minimum atomic E-state index is -0.417. The molecular formula is C18H17ClN2O3. The van der Waals surface area contributed by atoms with Crippen LogP contribution in [0, 0.1) is 5.92 Å². The SMILES string of the molecule is COc1cccc(NC(=O)[C@@H]2CC(=O)N(c3ccccc3Cl)C2)c1. The third-order valence-corrected chi connectivity index (χ3v) is 4.30. The second kappa shape index (κ2) is 6.93. The summed E-state index contributed by atoms with van der Waals surface area (Å²) in [5, 5.41) is 3.33. The van der Waals surface area contributed by atoms with Crippen molar-refractivity contribution < 1.29 is 14.3 Å². The van der Waals surface area contributed by atoms with Gasteiger partial charge in [0.2, 0.25) is 11.8 Å². The Balaban J connectivity index is 1.71. The van der Waals surface area contributed by atoms with Crippen LogP contribution in [0.4, 0.5) is 11.4 Å². The molecule has 0 saturated carbocycles. The van der Waals surface area contributed by atoms with E-state index < -0.39 is 5.92 Å². The number of amides is 2. The number of hydrogen-bond acceptors (Lipinski definition) is 3. The fourth-order valence-corrected chi connectivity index (χ4v) is 2.97. The zero-order chi connectivity index (χ0) is 17.1. The molecule has 2 amide bonds. The Morgan fingerprint density at radius 3 is 2.79 bits per heavy atom. The third-order valence-electron chi connectivity index (χ3n) is 3.98. The van der Waals surface area contributed by atoms with E-state index in [2.05, 4.69) is 5.32 Å². The van der Waals surface area contributed by atoms with Crippen LogP contribution in [0.15, 0.2) is 48.5 Å². The molecule has 1 saturated heterocycles. The molecule has 1 N–H and O–H groups in total. The molecule has 0 unspecified atom stereocenters. The molecule has 1 atom stereocenters. The van der Waals surface area contributed by atoms with Gasteiger partial charge in [-0.1, -0.05) is 29.8 Å². The molecule has 1 heterocycles. The van der Waals surface area contributed by atoms with Crippen LogP contribution < -0.4 is 15.0 Å². The number of carbonyl (C=O) groups excluding carboxylic acids is 2. The van der Waals surface area contributed by atoms with E-state index in [1.165, 1.54) is 0 Å². The van der Waals surface area contributed by atoms with Crippen LogP contribution in [0.1, 0.15) is 6.42 Å². The van der Waals surface area contributed by atoms with Crippen molar-refractivity contribution in [3.63, 3.8) is 0 Å². The summed E-state index contributed by atoms with van der Waals surface area (Å²) in [6.07, 6.45) is 0.168. The number of anilines is 2. The Hall–Kier alpha value is -2.53. The van der Waals surface area contributed by atoms with Crippen LogP contribution in [-0.4, -0.2) is 25.5 Å². The Bertz CT molecular complexity index is 778. The van der Waals surface area contributed by atoms with Gasteiger partial charge < -0.3 is 15.0 Å². The van der Waals surface area contributed by atoms with Gasteiger partial charge in [-0.25, -0.2) is 0 Å². The van der Waals surface area contributed by atoms with Crippen LogP contribution in [0.25, 0.3) is 0 Å². The molecule has 5 nitrogen and oxygen atoms in total. The summed E-state index contributed by atoms with van der Waals surface area (Å²) in [5.41, 5.74) is 1.28. The van der Waals surface area contributed by atoms with E-state index in [-0.39, 0.29) is 18.2 Å². The monoisotopic (exact) mass is 344 g/mol. The summed E-state index contributed by atoms with van der Waals surface area (Å²) >= 11 is 6.15. The molecule has 2 aromatic rings. The zero-order valence-electron chi connectivity index (χ0n) is 13.2. The van der Waals surface area contributed by atoms with E-state index >= 15 is 0 Å². The highest BCUT2D eigenvalue weighted by Gasteiger charge is 2.35. The normalized spacial score (nSPS) is 17.0. The lowest BCUT2D eigenvalue weighted by Crippen LogP contribution is -2.28. The minimum absolute atomic E-state index is 0.103. The van der Waals surface area contributed by atoms with Crippen LogP contribution in [0.5, 0.6) is 5.75 Å². The molecule has 0 spiro atoms. The lowest BCUT2D eigenvalue weighted by Gasteiger charge is -2.18. The quantitative estimate of drug-likeness (QED) is 0.925. The number of ether oxygens (including phenoxy) is 1. The Kier molecular flexibility index (Phi) is 4.71. The Morgan fingerprint density at radius 1 is 1.25 bits per heavy atom.